The summed E-state index contributed by atoms with van der Waals surface area (Å²) in [4.78, 5) is 11.8. The first-order valence-corrected chi connectivity index (χ1v) is 14.5. The topological polar surface area (TPSA) is 131 Å². The second kappa shape index (κ2) is 9.00. The summed E-state index contributed by atoms with van der Waals surface area (Å²) in [5.41, 5.74) is 6.24. The average Bonchev–Trinajstić information content (AvgIpc) is 3.41. The smallest absolute Gasteiger partial charge is 0.331 e. The van der Waals surface area contributed by atoms with Gasteiger partial charge in [0.2, 0.25) is 0 Å². The van der Waals surface area contributed by atoms with Crippen LogP contribution in [-0.2, 0) is 19.0 Å². The zero-order chi connectivity index (χ0) is 26.3. The number of cyclic esters (lactones) is 1. The van der Waals surface area contributed by atoms with Gasteiger partial charge in [-0.2, -0.15) is 0 Å². The first-order valence-electron chi connectivity index (χ1n) is 14.5. The molecule has 13 atom stereocenters. The molecule has 0 aromatic rings. The van der Waals surface area contributed by atoms with Crippen LogP contribution in [0.3, 0.4) is 0 Å². The summed E-state index contributed by atoms with van der Waals surface area (Å²) >= 11 is 0. The maximum Gasteiger partial charge on any atom is 0.331 e. The number of esters is 1. The average molecular weight is 520 g/mol. The second-order valence-corrected chi connectivity index (χ2v) is 13.6. The molecular formula is C29H45NO7. The monoisotopic (exact) mass is 519 g/mol. The Hall–Kier alpha value is -1.03. The fraction of sp³-hybridized carbons (Fsp3) is 0.897. The van der Waals surface area contributed by atoms with Crippen LogP contribution in [0.5, 0.6) is 0 Å². The van der Waals surface area contributed by atoms with E-state index in [9.17, 15) is 20.1 Å². The zero-order valence-corrected chi connectivity index (χ0v) is 22.5. The van der Waals surface area contributed by atoms with Gasteiger partial charge in [-0.1, -0.05) is 13.8 Å². The first-order chi connectivity index (χ1) is 17.5. The lowest BCUT2D eigenvalue weighted by atomic mass is 9.43. The van der Waals surface area contributed by atoms with Crippen LogP contribution in [0.15, 0.2) is 11.6 Å². The zero-order valence-electron chi connectivity index (χ0n) is 22.5. The van der Waals surface area contributed by atoms with Crippen LogP contribution in [0.2, 0.25) is 0 Å². The largest absolute Gasteiger partial charge is 0.458 e. The third kappa shape index (κ3) is 3.80. The number of ether oxygens (including phenoxy) is 3. The van der Waals surface area contributed by atoms with Crippen LogP contribution in [0.4, 0.5) is 0 Å². The van der Waals surface area contributed by atoms with Crippen molar-refractivity contribution in [1.29, 1.82) is 0 Å². The molecule has 0 bridgehead atoms. The van der Waals surface area contributed by atoms with Crippen molar-refractivity contribution in [3.8, 4) is 0 Å². The predicted molar refractivity (Wildman–Crippen MR) is 135 cm³/mol. The van der Waals surface area contributed by atoms with E-state index in [1.165, 1.54) is 0 Å². The van der Waals surface area contributed by atoms with Crippen molar-refractivity contribution in [1.82, 2.24) is 0 Å². The molecule has 5 fully saturated rings. The molecule has 1 saturated heterocycles. The molecular weight excluding hydrogens is 474 g/mol. The highest BCUT2D eigenvalue weighted by atomic mass is 16.7. The molecule has 2 heterocycles. The van der Waals surface area contributed by atoms with E-state index >= 15 is 0 Å². The summed E-state index contributed by atoms with van der Waals surface area (Å²) in [6.07, 6.45) is 6.88. The minimum Gasteiger partial charge on any atom is -0.458 e. The number of aliphatic hydroxyl groups is 3. The summed E-state index contributed by atoms with van der Waals surface area (Å²) < 4.78 is 17.3. The van der Waals surface area contributed by atoms with Gasteiger partial charge in [-0.15, -0.1) is 0 Å². The lowest BCUT2D eigenvalue weighted by Gasteiger charge is -2.64. The Bertz CT molecular complexity index is 957. The van der Waals surface area contributed by atoms with E-state index in [0.29, 0.717) is 18.4 Å². The number of carbonyl (C=O) groups is 1. The van der Waals surface area contributed by atoms with E-state index in [0.717, 1.165) is 63.4 Å². The van der Waals surface area contributed by atoms with Crippen molar-refractivity contribution in [2.45, 2.75) is 121 Å². The van der Waals surface area contributed by atoms with Crippen LogP contribution >= 0.6 is 0 Å². The third-order valence-electron chi connectivity index (χ3n) is 12.2. The first kappa shape index (κ1) is 26.2. The van der Waals surface area contributed by atoms with Gasteiger partial charge in [0, 0.05) is 11.5 Å². The van der Waals surface area contributed by atoms with Gasteiger partial charge in [0.05, 0.1) is 23.9 Å². The Morgan fingerprint density at radius 1 is 1.03 bits per heavy atom. The van der Waals surface area contributed by atoms with Crippen molar-refractivity contribution in [3.05, 3.63) is 11.6 Å². The molecule has 6 aliphatic rings. The number of carbonyl (C=O) groups excluding carboxylic acids is 1. The third-order valence-corrected chi connectivity index (χ3v) is 12.2. The Balaban J connectivity index is 1.16. The molecule has 208 valence electrons. The van der Waals surface area contributed by atoms with Gasteiger partial charge < -0.3 is 35.3 Å². The van der Waals surface area contributed by atoms with Crippen LogP contribution in [0.25, 0.3) is 0 Å². The molecule has 0 amide bonds. The molecule has 2 aliphatic heterocycles. The number of nitrogens with two attached hydrogens (primary N) is 1. The van der Waals surface area contributed by atoms with Crippen molar-refractivity contribution in [2.24, 2.45) is 40.2 Å². The van der Waals surface area contributed by atoms with Crippen LogP contribution in [0.1, 0.15) is 78.6 Å². The second-order valence-electron chi connectivity index (χ2n) is 13.6. The highest BCUT2D eigenvalue weighted by Crippen LogP contribution is 2.70. The molecule has 0 spiro atoms. The van der Waals surface area contributed by atoms with Crippen LogP contribution < -0.4 is 5.73 Å². The van der Waals surface area contributed by atoms with E-state index in [-0.39, 0.29) is 40.8 Å². The normalized spacial score (nSPS) is 55.6. The standard InChI is InChI=1S/C29H45NO7/c1-15-23(30)24(32)25(33)26(36-15)37-18-6-9-27(2)17(13-18)4-5-21-20(27)7-10-28(3)19(8-11-29(21,28)34)16-12-22(31)35-14-16/h12,15,17-21,23-26,32-34H,4-11,13-14,30H2,1-3H3/t15-,17-,18+,19-,20+,21-,23+,24+,25-,26+,27+,28-,29?/m1/s1. The van der Waals surface area contributed by atoms with Crippen LogP contribution in [0, 0.1) is 34.5 Å². The quantitative estimate of drug-likeness (QED) is 0.330. The number of fused-ring (bicyclic) bond motifs is 5. The van der Waals surface area contributed by atoms with Gasteiger partial charge in [-0.05, 0) is 99.4 Å². The summed E-state index contributed by atoms with van der Waals surface area (Å²) in [6, 6.07) is -0.629. The van der Waals surface area contributed by atoms with E-state index in [2.05, 4.69) is 13.8 Å². The molecule has 4 saturated carbocycles. The molecule has 0 aromatic carbocycles. The highest BCUT2D eigenvalue weighted by molar-refractivity contribution is 5.85. The van der Waals surface area contributed by atoms with Gasteiger partial charge in [-0.3, -0.25) is 0 Å². The molecule has 8 nitrogen and oxygen atoms in total. The minimum absolute atomic E-state index is 0.0253. The van der Waals surface area contributed by atoms with Gasteiger partial charge in [0.25, 0.3) is 0 Å². The van der Waals surface area contributed by atoms with E-state index < -0.39 is 30.1 Å². The summed E-state index contributed by atoms with van der Waals surface area (Å²) in [5.74, 6) is 1.21. The van der Waals surface area contributed by atoms with Crippen molar-refractivity contribution in [3.63, 3.8) is 0 Å². The maximum absolute atomic E-state index is 12.4. The molecule has 6 rings (SSSR count). The van der Waals surface area contributed by atoms with Gasteiger partial charge in [0.15, 0.2) is 6.29 Å². The number of hydrogen-bond donors (Lipinski definition) is 4. The van der Waals surface area contributed by atoms with Gasteiger partial charge >= 0.3 is 5.97 Å². The predicted octanol–water partition coefficient (Wildman–Crippen LogP) is 2.42. The minimum atomic E-state index is -1.15. The summed E-state index contributed by atoms with van der Waals surface area (Å²) in [5, 5.41) is 33.2. The number of hydrogen-bond acceptors (Lipinski definition) is 8. The summed E-state index contributed by atoms with van der Waals surface area (Å²) in [7, 11) is 0. The Morgan fingerprint density at radius 2 is 1.81 bits per heavy atom. The molecule has 1 unspecified atom stereocenters. The molecule has 4 aliphatic carbocycles. The molecule has 8 heteroatoms. The highest BCUT2D eigenvalue weighted by Gasteiger charge is 2.67. The maximum atomic E-state index is 12.4. The molecule has 5 N–H and O–H groups in total. The molecule has 0 radical (unpaired) electrons. The lowest BCUT2D eigenvalue weighted by molar-refractivity contribution is -0.291. The van der Waals surface area contributed by atoms with E-state index in [1.807, 2.05) is 0 Å². The Labute approximate surface area is 219 Å². The number of rotatable bonds is 3. The molecule has 0 aromatic heterocycles. The fourth-order valence-corrected chi connectivity index (χ4v) is 9.85. The van der Waals surface area contributed by atoms with E-state index in [1.54, 1.807) is 13.0 Å². The SMILES string of the molecule is C[C@H]1O[C@@H](O[C@H]2CC[C@@]3(C)[C@H](CC[C@@H]4[C@@H]3CC[C@]3(C)[C@@H](C5=CC(=O)OC5)CCC43O)C2)[C@H](O)[C@@H](O)[C@H]1N. The molecule has 37 heavy (non-hydrogen) atoms. The van der Waals surface area contributed by atoms with E-state index in [4.69, 9.17) is 19.9 Å². The van der Waals surface area contributed by atoms with Gasteiger partial charge in [-0.25, -0.2) is 4.79 Å². The van der Waals surface area contributed by atoms with Crippen LogP contribution in [-0.4, -0.2) is 70.2 Å². The summed E-state index contributed by atoms with van der Waals surface area (Å²) in [6.45, 7) is 6.89. The Morgan fingerprint density at radius 3 is 2.54 bits per heavy atom. The lowest BCUT2D eigenvalue weighted by Crippen LogP contribution is -2.63. The van der Waals surface area contributed by atoms with Crippen molar-refractivity contribution >= 4 is 5.97 Å². The van der Waals surface area contributed by atoms with Crippen molar-refractivity contribution < 1.29 is 34.3 Å². The Kier molecular flexibility index (Phi) is 6.37. The number of aliphatic hydroxyl groups excluding tert-OH is 2. The van der Waals surface area contributed by atoms with Crippen molar-refractivity contribution in [2.75, 3.05) is 6.61 Å². The fourth-order valence-electron chi connectivity index (χ4n) is 9.85. The van der Waals surface area contributed by atoms with Gasteiger partial charge in [0.1, 0.15) is 18.8 Å².